The molecule has 0 aliphatic heterocycles. The van der Waals surface area contributed by atoms with Gasteiger partial charge in [0.15, 0.2) is 5.78 Å². The molecule has 0 aromatic rings. The van der Waals surface area contributed by atoms with Crippen LogP contribution < -0.4 is 5.73 Å². The Bertz CT molecular complexity index is 90.4. The van der Waals surface area contributed by atoms with Crippen LogP contribution >= 0.6 is 0 Å². The highest BCUT2D eigenvalue weighted by molar-refractivity contribution is 5.80. The van der Waals surface area contributed by atoms with Gasteiger partial charge in [0.1, 0.15) is 6.10 Å². The van der Waals surface area contributed by atoms with Crippen molar-refractivity contribution in [1.29, 1.82) is 0 Å². The van der Waals surface area contributed by atoms with Crippen LogP contribution in [0.2, 0.25) is 0 Å². The number of aliphatic hydroxyl groups excluding tert-OH is 1. The Morgan fingerprint density at radius 3 is 2.12 bits per heavy atom. The van der Waals surface area contributed by atoms with E-state index in [1.54, 1.807) is 6.92 Å². The normalized spacial score (nSPS) is 17.5. The molecule has 0 aromatic heterocycles. The molecule has 0 saturated heterocycles. The molecule has 0 spiro atoms. The van der Waals surface area contributed by atoms with Gasteiger partial charge in [0.25, 0.3) is 0 Å². The molecule has 3 N–H and O–H groups in total. The minimum Gasteiger partial charge on any atom is -0.384 e. The highest BCUT2D eigenvalue weighted by Gasteiger charge is 2.13. The first kappa shape index (κ1) is 7.59. The fraction of sp³-hybridized carbons (Fsp3) is 0.800. The molecule has 2 atom stereocenters. The predicted molar refractivity (Wildman–Crippen MR) is 30.3 cm³/mol. The van der Waals surface area contributed by atoms with Gasteiger partial charge >= 0.3 is 0 Å². The molecule has 0 radical (unpaired) electrons. The molecular formula is C5H11NO2. The van der Waals surface area contributed by atoms with Gasteiger partial charge in [-0.3, -0.25) is 4.79 Å². The monoisotopic (exact) mass is 117 g/mol. The SMILES string of the molecule is CC(=O)[C@H](O)[C@H](C)N. The minimum absolute atomic E-state index is 0.278. The molecule has 0 aromatic carbocycles. The molecule has 0 bridgehead atoms. The maximum absolute atomic E-state index is 10.3. The van der Waals surface area contributed by atoms with Crippen LogP contribution in [-0.4, -0.2) is 23.0 Å². The van der Waals surface area contributed by atoms with E-state index in [0.29, 0.717) is 0 Å². The average Bonchev–Trinajstić information content (AvgIpc) is 1.64. The van der Waals surface area contributed by atoms with Crippen molar-refractivity contribution in [1.82, 2.24) is 0 Å². The fourth-order valence-corrected chi connectivity index (χ4v) is 0.370. The number of ketones is 1. The summed E-state index contributed by atoms with van der Waals surface area (Å²) in [5.41, 5.74) is 5.17. The van der Waals surface area contributed by atoms with Crippen LogP contribution in [0.3, 0.4) is 0 Å². The Labute approximate surface area is 48.5 Å². The fourth-order valence-electron chi connectivity index (χ4n) is 0.370. The smallest absolute Gasteiger partial charge is 0.159 e. The van der Waals surface area contributed by atoms with Gasteiger partial charge in [-0.2, -0.15) is 0 Å². The molecule has 0 fully saturated rings. The molecule has 0 saturated carbocycles. The van der Waals surface area contributed by atoms with Crippen molar-refractivity contribution < 1.29 is 9.90 Å². The second-order valence-corrected chi connectivity index (χ2v) is 1.91. The summed E-state index contributed by atoms with van der Waals surface area (Å²) in [5.74, 6) is -0.278. The standard InChI is InChI=1S/C5H11NO2/c1-3(6)5(8)4(2)7/h3,5,8H,6H2,1-2H3/t3-,5+/m0/s1. The van der Waals surface area contributed by atoms with E-state index in [1.807, 2.05) is 0 Å². The summed E-state index contributed by atoms with van der Waals surface area (Å²) >= 11 is 0. The summed E-state index contributed by atoms with van der Waals surface area (Å²) in [4.78, 5) is 10.3. The van der Waals surface area contributed by atoms with Crippen molar-refractivity contribution in [2.75, 3.05) is 0 Å². The number of hydrogen-bond acceptors (Lipinski definition) is 3. The van der Waals surface area contributed by atoms with Crippen molar-refractivity contribution in [2.45, 2.75) is 26.0 Å². The third-order valence-electron chi connectivity index (χ3n) is 0.915. The zero-order valence-electron chi connectivity index (χ0n) is 5.09. The quantitative estimate of drug-likeness (QED) is 0.502. The Morgan fingerprint density at radius 2 is 2.12 bits per heavy atom. The average molecular weight is 117 g/mol. The lowest BCUT2D eigenvalue weighted by Gasteiger charge is -2.08. The van der Waals surface area contributed by atoms with Gasteiger partial charge in [-0.05, 0) is 13.8 Å². The summed E-state index contributed by atoms with van der Waals surface area (Å²) < 4.78 is 0. The van der Waals surface area contributed by atoms with Gasteiger partial charge in [-0.25, -0.2) is 0 Å². The van der Waals surface area contributed by atoms with Gasteiger partial charge in [-0.1, -0.05) is 0 Å². The molecule has 0 heterocycles. The van der Waals surface area contributed by atoms with Crippen LogP contribution in [0.15, 0.2) is 0 Å². The van der Waals surface area contributed by atoms with Gasteiger partial charge in [0, 0.05) is 6.04 Å². The molecule has 0 amide bonds. The van der Waals surface area contributed by atoms with E-state index in [2.05, 4.69) is 0 Å². The number of hydrogen-bond donors (Lipinski definition) is 2. The maximum Gasteiger partial charge on any atom is 0.159 e. The number of carbonyl (C=O) groups is 1. The Morgan fingerprint density at radius 1 is 1.75 bits per heavy atom. The van der Waals surface area contributed by atoms with Crippen LogP contribution in [0.1, 0.15) is 13.8 Å². The number of rotatable bonds is 2. The Kier molecular flexibility index (Phi) is 2.65. The minimum atomic E-state index is -0.991. The van der Waals surface area contributed by atoms with Crippen molar-refractivity contribution in [3.05, 3.63) is 0 Å². The van der Waals surface area contributed by atoms with Crippen molar-refractivity contribution in [3.8, 4) is 0 Å². The third kappa shape index (κ3) is 2.04. The zero-order valence-corrected chi connectivity index (χ0v) is 5.09. The largest absolute Gasteiger partial charge is 0.384 e. The van der Waals surface area contributed by atoms with Gasteiger partial charge in [-0.15, -0.1) is 0 Å². The summed E-state index contributed by atoms with van der Waals surface area (Å²) in [6.45, 7) is 2.90. The summed E-state index contributed by atoms with van der Waals surface area (Å²) in [5, 5.41) is 8.73. The predicted octanol–water partition coefficient (Wildman–Crippen LogP) is -0.716. The van der Waals surface area contributed by atoms with Crippen LogP contribution in [0.25, 0.3) is 0 Å². The first-order chi connectivity index (χ1) is 3.55. The molecule has 0 aliphatic carbocycles. The Balaban J connectivity index is 3.64. The van der Waals surface area contributed by atoms with Gasteiger partial charge in [0.05, 0.1) is 0 Å². The van der Waals surface area contributed by atoms with Crippen LogP contribution in [0.5, 0.6) is 0 Å². The molecule has 0 aliphatic rings. The second-order valence-electron chi connectivity index (χ2n) is 1.91. The number of carbonyl (C=O) groups excluding carboxylic acids is 1. The summed E-state index contributed by atoms with van der Waals surface area (Å²) in [7, 11) is 0. The molecule has 0 rings (SSSR count). The van der Waals surface area contributed by atoms with E-state index in [0.717, 1.165) is 0 Å². The van der Waals surface area contributed by atoms with E-state index in [9.17, 15) is 4.79 Å². The zero-order chi connectivity index (χ0) is 6.73. The molecule has 3 nitrogen and oxygen atoms in total. The van der Waals surface area contributed by atoms with Crippen molar-refractivity contribution in [3.63, 3.8) is 0 Å². The summed E-state index contributed by atoms with van der Waals surface area (Å²) in [6, 6.07) is -0.451. The highest BCUT2D eigenvalue weighted by atomic mass is 16.3. The number of aliphatic hydroxyl groups is 1. The molecule has 0 unspecified atom stereocenters. The highest BCUT2D eigenvalue weighted by Crippen LogP contribution is 1.88. The second kappa shape index (κ2) is 2.79. The van der Waals surface area contributed by atoms with Crippen molar-refractivity contribution in [2.24, 2.45) is 5.73 Å². The Hall–Kier alpha value is -0.410. The van der Waals surface area contributed by atoms with Gasteiger partial charge < -0.3 is 10.8 Å². The van der Waals surface area contributed by atoms with Crippen LogP contribution in [-0.2, 0) is 4.79 Å². The molecule has 48 valence electrons. The first-order valence-electron chi connectivity index (χ1n) is 2.50. The lowest BCUT2D eigenvalue weighted by atomic mass is 10.1. The maximum atomic E-state index is 10.3. The lowest BCUT2D eigenvalue weighted by Crippen LogP contribution is -2.36. The van der Waals surface area contributed by atoms with E-state index < -0.39 is 12.1 Å². The van der Waals surface area contributed by atoms with E-state index in [-0.39, 0.29) is 5.78 Å². The van der Waals surface area contributed by atoms with Crippen molar-refractivity contribution >= 4 is 5.78 Å². The topological polar surface area (TPSA) is 63.3 Å². The molecular weight excluding hydrogens is 106 g/mol. The van der Waals surface area contributed by atoms with Crippen LogP contribution in [0, 0.1) is 0 Å². The summed E-state index contributed by atoms with van der Waals surface area (Å²) in [6.07, 6.45) is -0.991. The van der Waals surface area contributed by atoms with Crippen LogP contribution in [0.4, 0.5) is 0 Å². The number of Topliss-reactive ketones (excluding diaryl/α,β-unsaturated/α-hetero) is 1. The first-order valence-corrected chi connectivity index (χ1v) is 2.50. The molecule has 3 heteroatoms. The van der Waals surface area contributed by atoms with E-state index >= 15 is 0 Å². The van der Waals surface area contributed by atoms with E-state index in [4.69, 9.17) is 10.8 Å². The number of nitrogens with two attached hydrogens (primary N) is 1. The van der Waals surface area contributed by atoms with E-state index in [1.165, 1.54) is 6.92 Å². The lowest BCUT2D eigenvalue weighted by molar-refractivity contribution is -0.125. The molecule has 8 heavy (non-hydrogen) atoms. The van der Waals surface area contributed by atoms with Gasteiger partial charge in [0.2, 0.25) is 0 Å². The third-order valence-corrected chi connectivity index (χ3v) is 0.915.